The highest BCUT2D eigenvalue weighted by atomic mass is 32.1. The van der Waals surface area contributed by atoms with Gasteiger partial charge in [0, 0.05) is 37.6 Å². The molecule has 2 heterocycles. The zero-order valence-corrected chi connectivity index (χ0v) is 17.4. The summed E-state index contributed by atoms with van der Waals surface area (Å²) in [5.74, 6) is 1.95. The number of rotatable bonds is 5. The predicted octanol–water partition coefficient (Wildman–Crippen LogP) is 3.72. The third-order valence-corrected chi connectivity index (χ3v) is 7.05. The first-order valence-electron chi connectivity index (χ1n) is 10.4. The summed E-state index contributed by atoms with van der Waals surface area (Å²) in [7, 11) is 1.43. The lowest BCUT2D eigenvalue weighted by Gasteiger charge is -2.36. The van der Waals surface area contributed by atoms with Gasteiger partial charge in [-0.2, -0.15) is 4.37 Å². The van der Waals surface area contributed by atoms with Crippen LogP contribution >= 0.6 is 11.5 Å². The predicted molar refractivity (Wildman–Crippen MR) is 114 cm³/mol. The molecule has 0 spiro atoms. The average molecular weight is 403 g/mol. The second-order valence-corrected chi connectivity index (χ2v) is 8.78. The number of fused-ring (bicyclic) bond motifs is 1. The van der Waals surface area contributed by atoms with Crippen molar-refractivity contribution in [1.82, 2.24) is 14.6 Å². The number of carbonyl (C=O) groups is 1. The highest BCUT2D eigenvalue weighted by molar-refractivity contribution is 7.13. The lowest BCUT2D eigenvalue weighted by atomic mass is 9.84. The molecule has 2 aromatic rings. The lowest BCUT2D eigenvalue weighted by Crippen LogP contribution is -2.47. The first-order chi connectivity index (χ1) is 13.7. The Morgan fingerprint density at radius 3 is 2.68 bits per heavy atom. The molecule has 1 saturated carbocycles. The normalized spacial score (nSPS) is 23.7. The molecular weight excluding hydrogens is 372 g/mol. The maximum Gasteiger partial charge on any atom is 0.407 e. The molecular formula is C21H30N4O2S. The molecule has 0 unspecified atom stereocenters. The Hall–Kier alpha value is -1.86. The summed E-state index contributed by atoms with van der Waals surface area (Å²) in [4.78, 5) is 16.4. The van der Waals surface area contributed by atoms with E-state index in [9.17, 15) is 4.79 Å². The van der Waals surface area contributed by atoms with Crippen LogP contribution in [-0.2, 0) is 4.74 Å². The Morgan fingerprint density at radius 1 is 1.18 bits per heavy atom. The molecule has 1 aromatic carbocycles. The number of methoxy groups -OCH3 is 1. The third kappa shape index (κ3) is 4.58. The molecule has 1 aliphatic heterocycles. The van der Waals surface area contributed by atoms with E-state index in [0.717, 1.165) is 50.8 Å². The number of anilines is 1. The fraction of sp³-hybridized carbons (Fsp3) is 0.619. The number of piperazine rings is 1. The van der Waals surface area contributed by atoms with Crippen molar-refractivity contribution in [2.75, 3.05) is 44.7 Å². The third-order valence-electron chi connectivity index (χ3n) is 6.24. The molecule has 1 aromatic heterocycles. The molecule has 0 radical (unpaired) electrons. The molecule has 0 bridgehead atoms. The van der Waals surface area contributed by atoms with Crippen LogP contribution in [0.1, 0.15) is 32.1 Å². The van der Waals surface area contributed by atoms with Gasteiger partial charge in [0.05, 0.1) is 11.8 Å². The van der Waals surface area contributed by atoms with E-state index >= 15 is 0 Å². The largest absolute Gasteiger partial charge is 0.453 e. The summed E-state index contributed by atoms with van der Waals surface area (Å²) in [5.41, 5.74) is 0. The monoisotopic (exact) mass is 402 g/mol. The number of hydrogen-bond acceptors (Lipinski definition) is 6. The van der Waals surface area contributed by atoms with Gasteiger partial charge in [-0.1, -0.05) is 12.1 Å². The van der Waals surface area contributed by atoms with Gasteiger partial charge in [-0.3, -0.25) is 4.90 Å². The zero-order chi connectivity index (χ0) is 19.3. The Labute approximate surface area is 171 Å². The average Bonchev–Trinajstić information content (AvgIpc) is 3.18. The number of benzene rings is 1. The summed E-state index contributed by atoms with van der Waals surface area (Å²) in [6, 6.07) is 8.82. The van der Waals surface area contributed by atoms with Gasteiger partial charge in [0.1, 0.15) is 5.82 Å². The smallest absolute Gasteiger partial charge is 0.407 e. The molecule has 152 valence electrons. The van der Waals surface area contributed by atoms with Crippen molar-refractivity contribution in [3.05, 3.63) is 24.3 Å². The molecule has 2 aliphatic rings. The van der Waals surface area contributed by atoms with Gasteiger partial charge >= 0.3 is 6.09 Å². The van der Waals surface area contributed by atoms with Crippen LogP contribution in [0.4, 0.5) is 10.6 Å². The maximum absolute atomic E-state index is 11.3. The van der Waals surface area contributed by atoms with E-state index in [2.05, 4.69) is 39.4 Å². The van der Waals surface area contributed by atoms with Crippen molar-refractivity contribution in [3.8, 4) is 0 Å². The number of hydrogen-bond donors (Lipinski definition) is 1. The van der Waals surface area contributed by atoms with E-state index in [1.165, 1.54) is 43.0 Å². The summed E-state index contributed by atoms with van der Waals surface area (Å²) in [6.45, 7) is 5.54. The van der Waals surface area contributed by atoms with Crippen molar-refractivity contribution in [1.29, 1.82) is 0 Å². The summed E-state index contributed by atoms with van der Waals surface area (Å²) < 4.78 is 10.7. The number of amides is 1. The molecule has 1 N–H and O–H groups in total. The van der Waals surface area contributed by atoms with Crippen molar-refractivity contribution in [2.24, 2.45) is 5.92 Å². The van der Waals surface area contributed by atoms with Crippen LogP contribution in [0.25, 0.3) is 10.1 Å². The first-order valence-corrected chi connectivity index (χ1v) is 11.2. The van der Waals surface area contributed by atoms with E-state index < -0.39 is 0 Å². The summed E-state index contributed by atoms with van der Waals surface area (Å²) in [6.07, 6.45) is 5.53. The number of alkyl carbamates (subject to hydrolysis) is 1. The Balaban J connectivity index is 1.19. The zero-order valence-electron chi connectivity index (χ0n) is 16.6. The molecule has 4 rings (SSSR count). The molecule has 6 nitrogen and oxygen atoms in total. The number of nitrogens with zero attached hydrogens (tertiary/aromatic N) is 3. The van der Waals surface area contributed by atoms with Gasteiger partial charge < -0.3 is 15.0 Å². The first kappa shape index (κ1) is 19.5. The van der Waals surface area contributed by atoms with Crippen molar-refractivity contribution < 1.29 is 9.53 Å². The highest BCUT2D eigenvalue weighted by Crippen LogP contribution is 2.30. The minimum absolute atomic E-state index is 0.292. The van der Waals surface area contributed by atoms with Gasteiger partial charge in [0.2, 0.25) is 0 Å². The van der Waals surface area contributed by atoms with Gasteiger partial charge in [-0.25, -0.2) is 4.79 Å². The van der Waals surface area contributed by atoms with E-state index in [1.54, 1.807) is 11.5 Å². The number of carbonyl (C=O) groups excluding carboxylic acids is 1. The molecule has 7 heteroatoms. The van der Waals surface area contributed by atoms with E-state index in [0.29, 0.717) is 6.04 Å². The minimum atomic E-state index is -0.297. The van der Waals surface area contributed by atoms with Gasteiger partial charge in [0.25, 0.3) is 0 Å². The molecule has 1 saturated heterocycles. The summed E-state index contributed by atoms with van der Waals surface area (Å²) >= 11 is 1.60. The van der Waals surface area contributed by atoms with Crippen LogP contribution in [0.5, 0.6) is 0 Å². The van der Waals surface area contributed by atoms with Crippen LogP contribution in [0.15, 0.2) is 24.3 Å². The molecule has 0 atom stereocenters. The summed E-state index contributed by atoms with van der Waals surface area (Å²) in [5, 5.41) is 4.23. The molecule has 1 amide bonds. The van der Waals surface area contributed by atoms with E-state index in [-0.39, 0.29) is 6.09 Å². The van der Waals surface area contributed by atoms with E-state index in [4.69, 9.17) is 9.11 Å². The fourth-order valence-corrected chi connectivity index (χ4v) is 5.27. The van der Waals surface area contributed by atoms with Crippen LogP contribution < -0.4 is 10.2 Å². The number of aromatic nitrogens is 1. The quantitative estimate of drug-likeness (QED) is 0.826. The number of nitrogens with one attached hydrogen (secondary N) is 1. The van der Waals surface area contributed by atoms with Crippen molar-refractivity contribution >= 4 is 33.5 Å². The van der Waals surface area contributed by atoms with Gasteiger partial charge in [0.15, 0.2) is 0 Å². The van der Waals surface area contributed by atoms with Crippen LogP contribution in [0, 0.1) is 5.92 Å². The SMILES string of the molecule is COC(=O)N[C@H]1CC[C@@H](CCN2CCN(c3nsc4ccccc34)CC2)CC1. The topological polar surface area (TPSA) is 57.7 Å². The maximum atomic E-state index is 11.3. The van der Waals surface area contributed by atoms with Gasteiger partial charge in [-0.05, 0) is 68.2 Å². The molecule has 2 fully saturated rings. The van der Waals surface area contributed by atoms with Crippen molar-refractivity contribution in [3.63, 3.8) is 0 Å². The van der Waals surface area contributed by atoms with Crippen LogP contribution in [0.2, 0.25) is 0 Å². The van der Waals surface area contributed by atoms with Crippen LogP contribution in [0.3, 0.4) is 0 Å². The Morgan fingerprint density at radius 2 is 1.93 bits per heavy atom. The Bertz CT molecular complexity index is 780. The minimum Gasteiger partial charge on any atom is -0.453 e. The highest BCUT2D eigenvalue weighted by Gasteiger charge is 2.25. The molecule has 1 aliphatic carbocycles. The Kier molecular flexibility index (Phi) is 6.32. The van der Waals surface area contributed by atoms with Crippen LogP contribution in [-0.4, -0.2) is 61.2 Å². The van der Waals surface area contributed by atoms with Gasteiger partial charge in [-0.15, -0.1) is 0 Å². The van der Waals surface area contributed by atoms with Crippen molar-refractivity contribution in [2.45, 2.75) is 38.1 Å². The molecule has 28 heavy (non-hydrogen) atoms. The standard InChI is InChI=1S/C21H30N4O2S/c1-27-21(26)22-17-8-6-16(7-9-17)10-11-24-12-14-25(15-13-24)20-18-4-2-3-5-19(18)28-23-20/h2-5,16-17H,6-15H2,1H3,(H,22,26)/t16-,17+. The number of ether oxygens (including phenoxy) is 1. The second-order valence-electron chi connectivity index (χ2n) is 7.97. The second kappa shape index (κ2) is 9.09. The lowest BCUT2D eigenvalue weighted by molar-refractivity contribution is 0.158. The fourth-order valence-electron chi connectivity index (χ4n) is 4.47. The van der Waals surface area contributed by atoms with E-state index in [1.807, 2.05) is 0 Å².